The smallest absolute Gasteiger partial charge is 0.315 e. The zero-order valence-corrected chi connectivity index (χ0v) is 14.2. The molecule has 0 heterocycles. The molecule has 0 aliphatic heterocycles. The van der Waals surface area contributed by atoms with Gasteiger partial charge in [0.15, 0.2) is 0 Å². The molecular formula is C18H26FN3O2. The Hall–Kier alpha value is -2.11. The van der Waals surface area contributed by atoms with Crippen LogP contribution in [0.3, 0.4) is 0 Å². The third kappa shape index (κ3) is 6.18. The van der Waals surface area contributed by atoms with Crippen LogP contribution in [0.25, 0.3) is 0 Å². The summed E-state index contributed by atoms with van der Waals surface area (Å²) in [7, 11) is 0. The van der Waals surface area contributed by atoms with Crippen molar-refractivity contribution >= 4 is 17.6 Å². The Morgan fingerprint density at radius 3 is 2.67 bits per heavy atom. The summed E-state index contributed by atoms with van der Waals surface area (Å²) in [6, 6.07) is 4.72. The first-order chi connectivity index (χ1) is 11.5. The molecule has 1 aliphatic rings. The lowest BCUT2D eigenvalue weighted by Gasteiger charge is -2.22. The van der Waals surface area contributed by atoms with E-state index < -0.39 is 0 Å². The molecule has 0 unspecified atom stereocenters. The number of anilines is 1. The molecule has 6 heteroatoms. The summed E-state index contributed by atoms with van der Waals surface area (Å²) in [5, 5.41) is 8.40. The van der Waals surface area contributed by atoms with Gasteiger partial charge in [0, 0.05) is 24.7 Å². The highest BCUT2D eigenvalue weighted by Crippen LogP contribution is 2.17. The molecule has 1 saturated carbocycles. The van der Waals surface area contributed by atoms with E-state index in [0.717, 1.165) is 12.8 Å². The number of halogens is 1. The fourth-order valence-corrected chi connectivity index (χ4v) is 2.83. The Morgan fingerprint density at radius 2 is 1.96 bits per heavy atom. The van der Waals surface area contributed by atoms with Gasteiger partial charge in [-0.2, -0.15) is 0 Å². The van der Waals surface area contributed by atoms with Crippen molar-refractivity contribution in [1.29, 1.82) is 0 Å². The number of hydrogen-bond acceptors (Lipinski definition) is 2. The van der Waals surface area contributed by atoms with Crippen LogP contribution in [-0.2, 0) is 4.79 Å². The number of aryl methyl sites for hydroxylation is 1. The second-order valence-electron chi connectivity index (χ2n) is 6.35. The predicted molar refractivity (Wildman–Crippen MR) is 92.4 cm³/mol. The molecule has 1 aromatic rings. The summed E-state index contributed by atoms with van der Waals surface area (Å²) in [5.74, 6) is -0.526. The number of hydrogen-bond donors (Lipinski definition) is 3. The van der Waals surface area contributed by atoms with Crippen LogP contribution < -0.4 is 16.0 Å². The van der Waals surface area contributed by atoms with Crippen LogP contribution in [0.5, 0.6) is 0 Å². The standard InChI is InChI=1S/C18H26FN3O2/c1-13-9-10-15(12-16(13)19)21-17(23)8-5-11-20-18(24)22-14-6-3-2-4-7-14/h9-10,12,14H,2-8,11H2,1H3,(H,21,23)(H2,20,22,24). The van der Waals surface area contributed by atoms with E-state index in [1.807, 2.05) is 0 Å². The van der Waals surface area contributed by atoms with E-state index in [-0.39, 0.29) is 30.2 Å². The minimum Gasteiger partial charge on any atom is -0.338 e. The lowest BCUT2D eigenvalue weighted by Crippen LogP contribution is -2.43. The highest BCUT2D eigenvalue weighted by Gasteiger charge is 2.15. The van der Waals surface area contributed by atoms with Crippen molar-refractivity contribution in [3.8, 4) is 0 Å². The molecule has 1 aliphatic carbocycles. The van der Waals surface area contributed by atoms with Crippen molar-refractivity contribution in [2.45, 2.75) is 57.9 Å². The van der Waals surface area contributed by atoms with Gasteiger partial charge in [-0.15, -0.1) is 0 Å². The third-order valence-corrected chi connectivity index (χ3v) is 4.26. The number of carbonyl (C=O) groups excluding carboxylic acids is 2. The quantitative estimate of drug-likeness (QED) is 0.697. The second kappa shape index (κ2) is 9.25. The molecule has 0 spiro atoms. The van der Waals surface area contributed by atoms with Crippen molar-refractivity contribution in [1.82, 2.24) is 10.6 Å². The molecule has 3 amide bonds. The van der Waals surface area contributed by atoms with E-state index in [1.165, 1.54) is 25.3 Å². The third-order valence-electron chi connectivity index (χ3n) is 4.26. The zero-order valence-electron chi connectivity index (χ0n) is 14.2. The van der Waals surface area contributed by atoms with Crippen molar-refractivity contribution in [2.24, 2.45) is 0 Å². The van der Waals surface area contributed by atoms with Gasteiger partial charge >= 0.3 is 6.03 Å². The summed E-state index contributed by atoms with van der Waals surface area (Å²) < 4.78 is 13.4. The molecule has 1 aromatic carbocycles. The average molecular weight is 335 g/mol. The van der Waals surface area contributed by atoms with Gasteiger partial charge in [0.05, 0.1) is 0 Å². The van der Waals surface area contributed by atoms with Crippen molar-refractivity contribution in [2.75, 3.05) is 11.9 Å². The van der Waals surface area contributed by atoms with Gasteiger partial charge < -0.3 is 16.0 Å². The molecule has 0 saturated heterocycles. The Kier molecular flexibility index (Phi) is 7.03. The summed E-state index contributed by atoms with van der Waals surface area (Å²) in [4.78, 5) is 23.6. The highest BCUT2D eigenvalue weighted by atomic mass is 19.1. The SMILES string of the molecule is Cc1ccc(NC(=O)CCCNC(=O)NC2CCCCC2)cc1F. The van der Waals surface area contributed by atoms with Gasteiger partial charge in [-0.3, -0.25) is 4.79 Å². The second-order valence-corrected chi connectivity index (χ2v) is 6.35. The maximum atomic E-state index is 13.4. The maximum absolute atomic E-state index is 13.4. The molecule has 0 bridgehead atoms. The van der Waals surface area contributed by atoms with Crippen molar-refractivity contribution < 1.29 is 14.0 Å². The van der Waals surface area contributed by atoms with Crippen LogP contribution in [0.15, 0.2) is 18.2 Å². The predicted octanol–water partition coefficient (Wildman–Crippen LogP) is 3.48. The number of amides is 3. The van der Waals surface area contributed by atoms with Crippen LogP contribution in [0, 0.1) is 12.7 Å². The van der Waals surface area contributed by atoms with Gasteiger partial charge in [-0.25, -0.2) is 9.18 Å². The summed E-state index contributed by atoms with van der Waals surface area (Å²) >= 11 is 0. The van der Waals surface area contributed by atoms with Crippen LogP contribution >= 0.6 is 0 Å². The van der Waals surface area contributed by atoms with Crippen LogP contribution in [0.1, 0.15) is 50.5 Å². The molecule has 0 radical (unpaired) electrons. The number of benzene rings is 1. The van der Waals surface area contributed by atoms with Gasteiger partial charge in [-0.05, 0) is 43.9 Å². The maximum Gasteiger partial charge on any atom is 0.315 e. The number of rotatable bonds is 6. The molecule has 0 aromatic heterocycles. The van der Waals surface area contributed by atoms with Gasteiger partial charge in [0.1, 0.15) is 5.82 Å². The van der Waals surface area contributed by atoms with E-state index in [9.17, 15) is 14.0 Å². The highest BCUT2D eigenvalue weighted by molar-refractivity contribution is 5.90. The Bertz CT molecular complexity index is 571. The summed E-state index contributed by atoms with van der Waals surface area (Å²) in [5.41, 5.74) is 0.993. The molecule has 5 nitrogen and oxygen atoms in total. The fraction of sp³-hybridized carbons (Fsp3) is 0.556. The average Bonchev–Trinajstić information content (AvgIpc) is 2.56. The van der Waals surface area contributed by atoms with Crippen LogP contribution in [-0.4, -0.2) is 24.5 Å². The largest absolute Gasteiger partial charge is 0.338 e. The number of nitrogens with one attached hydrogen (secondary N) is 3. The Morgan fingerprint density at radius 1 is 1.21 bits per heavy atom. The van der Waals surface area contributed by atoms with Gasteiger partial charge in [0.25, 0.3) is 0 Å². The lowest BCUT2D eigenvalue weighted by atomic mass is 9.96. The summed E-state index contributed by atoms with van der Waals surface area (Å²) in [6.07, 6.45) is 6.50. The molecule has 3 N–H and O–H groups in total. The van der Waals surface area contributed by atoms with Crippen LogP contribution in [0.2, 0.25) is 0 Å². The Balaban J connectivity index is 1.60. The molecule has 132 valence electrons. The first-order valence-electron chi connectivity index (χ1n) is 8.65. The molecule has 1 fully saturated rings. The van der Waals surface area contributed by atoms with Gasteiger partial charge in [-0.1, -0.05) is 25.3 Å². The minimum absolute atomic E-state index is 0.164. The first-order valence-corrected chi connectivity index (χ1v) is 8.65. The van der Waals surface area contributed by atoms with Crippen LogP contribution in [0.4, 0.5) is 14.9 Å². The minimum atomic E-state index is -0.339. The monoisotopic (exact) mass is 335 g/mol. The summed E-state index contributed by atoms with van der Waals surface area (Å²) in [6.45, 7) is 2.11. The van der Waals surface area contributed by atoms with E-state index in [4.69, 9.17) is 0 Å². The molecular weight excluding hydrogens is 309 g/mol. The molecule has 24 heavy (non-hydrogen) atoms. The number of urea groups is 1. The lowest BCUT2D eigenvalue weighted by molar-refractivity contribution is -0.116. The molecule has 2 rings (SSSR count). The van der Waals surface area contributed by atoms with Crippen molar-refractivity contribution in [3.05, 3.63) is 29.6 Å². The van der Waals surface area contributed by atoms with E-state index in [0.29, 0.717) is 24.2 Å². The van der Waals surface area contributed by atoms with Crippen molar-refractivity contribution in [3.63, 3.8) is 0 Å². The zero-order chi connectivity index (χ0) is 17.4. The molecule has 0 atom stereocenters. The normalized spacial score (nSPS) is 14.9. The Labute approximate surface area is 142 Å². The first kappa shape index (κ1) is 18.2. The van der Waals surface area contributed by atoms with E-state index >= 15 is 0 Å². The van der Waals surface area contributed by atoms with E-state index in [1.54, 1.807) is 19.1 Å². The van der Waals surface area contributed by atoms with E-state index in [2.05, 4.69) is 16.0 Å². The number of carbonyl (C=O) groups is 2. The topological polar surface area (TPSA) is 70.2 Å². The fourth-order valence-electron chi connectivity index (χ4n) is 2.83. The van der Waals surface area contributed by atoms with Gasteiger partial charge in [0.2, 0.25) is 5.91 Å².